The molecule has 1 aromatic rings. The second-order valence-electron chi connectivity index (χ2n) is 6.35. The van der Waals surface area contributed by atoms with Crippen molar-refractivity contribution in [1.29, 1.82) is 0 Å². The highest BCUT2D eigenvalue weighted by Crippen LogP contribution is 2.42. The number of halogens is 2. The molecule has 1 saturated carbocycles. The van der Waals surface area contributed by atoms with E-state index in [0.29, 0.717) is 12.0 Å². The van der Waals surface area contributed by atoms with E-state index in [1.165, 1.54) is 19.2 Å². The van der Waals surface area contributed by atoms with Crippen LogP contribution in [0.4, 0.5) is 8.78 Å². The Kier molecular flexibility index (Phi) is 5.88. The van der Waals surface area contributed by atoms with Gasteiger partial charge < -0.3 is 15.4 Å². The predicted octanol–water partition coefficient (Wildman–Crippen LogP) is 1.72. The molecule has 1 aliphatic carbocycles. The molecule has 0 aliphatic heterocycles. The number of carbonyl (C=O) groups is 2. The molecule has 2 N–H and O–H groups in total. The van der Waals surface area contributed by atoms with Crippen LogP contribution in [0.15, 0.2) is 18.2 Å². The minimum atomic E-state index is -0.688. The van der Waals surface area contributed by atoms with Crippen molar-refractivity contribution >= 4 is 11.8 Å². The third-order valence-electron chi connectivity index (χ3n) is 4.02. The Morgan fingerprint density at radius 3 is 2.62 bits per heavy atom. The van der Waals surface area contributed by atoms with E-state index in [4.69, 9.17) is 4.74 Å². The third-order valence-corrected chi connectivity index (χ3v) is 4.02. The van der Waals surface area contributed by atoms with Crippen molar-refractivity contribution < 1.29 is 23.1 Å². The lowest BCUT2D eigenvalue weighted by molar-refractivity contribution is -0.132. The molecule has 3 atom stereocenters. The fraction of sp³-hybridized carbons (Fsp3) is 0.529. The lowest BCUT2D eigenvalue weighted by atomic mass is 10.0. The van der Waals surface area contributed by atoms with Crippen LogP contribution in [0.25, 0.3) is 0 Å². The van der Waals surface area contributed by atoms with Crippen molar-refractivity contribution in [3.05, 3.63) is 35.4 Å². The molecular weight excluding hydrogens is 318 g/mol. The second-order valence-corrected chi connectivity index (χ2v) is 6.35. The molecule has 0 heterocycles. The summed E-state index contributed by atoms with van der Waals surface area (Å²) in [7, 11) is 1.40. The molecular formula is C17H22F2N2O3. The van der Waals surface area contributed by atoms with Crippen molar-refractivity contribution in [1.82, 2.24) is 10.6 Å². The molecule has 0 bridgehead atoms. The van der Waals surface area contributed by atoms with Crippen molar-refractivity contribution in [2.24, 2.45) is 5.92 Å². The molecule has 5 nitrogen and oxygen atoms in total. The van der Waals surface area contributed by atoms with E-state index in [1.54, 1.807) is 0 Å². The Bertz CT molecular complexity index is 622. The van der Waals surface area contributed by atoms with E-state index in [1.807, 2.05) is 13.8 Å². The van der Waals surface area contributed by atoms with E-state index >= 15 is 0 Å². The number of amides is 2. The number of hydrogen-bond acceptors (Lipinski definition) is 3. The highest BCUT2D eigenvalue weighted by Gasteiger charge is 2.42. The lowest BCUT2D eigenvalue weighted by Gasteiger charge is -2.21. The molecule has 0 aromatic heterocycles. The van der Waals surface area contributed by atoms with Crippen LogP contribution in [0.3, 0.4) is 0 Å². The second kappa shape index (κ2) is 7.70. The zero-order valence-electron chi connectivity index (χ0n) is 13.9. The molecule has 24 heavy (non-hydrogen) atoms. The summed E-state index contributed by atoms with van der Waals surface area (Å²) >= 11 is 0. The van der Waals surface area contributed by atoms with E-state index in [0.717, 1.165) is 6.07 Å². The van der Waals surface area contributed by atoms with Crippen LogP contribution in [-0.2, 0) is 14.3 Å². The highest BCUT2D eigenvalue weighted by molar-refractivity contribution is 5.88. The maximum atomic E-state index is 13.8. The van der Waals surface area contributed by atoms with Gasteiger partial charge in [0.2, 0.25) is 11.8 Å². The van der Waals surface area contributed by atoms with Gasteiger partial charge in [-0.25, -0.2) is 8.78 Å². The van der Waals surface area contributed by atoms with Crippen LogP contribution < -0.4 is 10.6 Å². The van der Waals surface area contributed by atoms with Gasteiger partial charge in [-0.3, -0.25) is 9.59 Å². The largest absolute Gasteiger partial charge is 0.375 e. The van der Waals surface area contributed by atoms with Gasteiger partial charge in [0.15, 0.2) is 0 Å². The smallest absolute Gasteiger partial charge is 0.246 e. The molecule has 2 amide bonds. The zero-order chi connectivity index (χ0) is 17.9. The predicted molar refractivity (Wildman–Crippen MR) is 84.3 cm³/mol. The van der Waals surface area contributed by atoms with Crippen LogP contribution in [0.2, 0.25) is 0 Å². The minimum Gasteiger partial charge on any atom is -0.375 e. The van der Waals surface area contributed by atoms with Crippen LogP contribution in [0, 0.1) is 17.6 Å². The number of methoxy groups -OCH3 is 1. The molecule has 132 valence electrons. The first-order valence-corrected chi connectivity index (χ1v) is 7.87. The standard InChI is InChI=1S/C17H22F2N2O3/c1-9(2)16(21-15(22)8-24-3)17(23)20-14-7-12(14)11-5-4-10(18)6-13(11)19/h4-6,9,12,14,16H,7-8H2,1-3H3,(H,20,23)(H,21,22)/t12-,14-,16-/m0/s1. The average Bonchev–Trinajstić information content (AvgIpc) is 3.23. The van der Waals surface area contributed by atoms with Gasteiger partial charge in [0, 0.05) is 25.1 Å². The average molecular weight is 340 g/mol. The van der Waals surface area contributed by atoms with Crippen LogP contribution in [-0.4, -0.2) is 37.6 Å². The van der Waals surface area contributed by atoms with Crippen molar-refractivity contribution in [3.63, 3.8) is 0 Å². The van der Waals surface area contributed by atoms with Crippen LogP contribution in [0.5, 0.6) is 0 Å². The fourth-order valence-corrected chi connectivity index (χ4v) is 2.65. The molecule has 2 rings (SSSR count). The van der Waals surface area contributed by atoms with Gasteiger partial charge in [-0.1, -0.05) is 19.9 Å². The Hall–Kier alpha value is -2.02. The minimum absolute atomic E-state index is 0.106. The first-order chi connectivity index (χ1) is 11.3. The molecule has 1 fully saturated rings. The van der Waals surface area contributed by atoms with E-state index in [9.17, 15) is 18.4 Å². The zero-order valence-corrected chi connectivity index (χ0v) is 13.9. The monoisotopic (exact) mass is 340 g/mol. The summed E-state index contributed by atoms with van der Waals surface area (Å²) in [4.78, 5) is 24.0. The van der Waals surface area contributed by atoms with Gasteiger partial charge in [0.05, 0.1) is 0 Å². The SMILES string of the molecule is COCC(=O)N[C@H](C(=O)N[C@H]1C[C@H]1c1ccc(F)cc1F)C(C)C. The number of benzene rings is 1. The summed E-state index contributed by atoms with van der Waals surface area (Å²) < 4.78 is 31.5. The Labute approximate surface area is 139 Å². The first kappa shape index (κ1) is 18.3. The molecule has 1 aromatic carbocycles. The summed E-state index contributed by atoms with van der Waals surface area (Å²) in [5, 5.41) is 5.44. The molecule has 0 radical (unpaired) electrons. The maximum Gasteiger partial charge on any atom is 0.246 e. The number of ether oxygens (including phenoxy) is 1. The lowest BCUT2D eigenvalue weighted by Crippen LogP contribution is -2.51. The van der Waals surface area contributed by atoms with Crippen LogP contribution >= 0.6 is 0 Å². The molecule has 1 aliphatic rings. The molecule has 0 spiro atoms. The first-order valence-electron chi connectivity index (χ1n) is 7.87. The van der Waals surface area contributed by atoms with Gasteiger partial charge in [-0.2, -0.15) is 0 Å². The fourth-order valence-electron chi connectivity index (χ4n) is 2.65. The summed E-state index contributed by atoms with van der Waals surface area (Å²) in [5.74, 6) is -2.20. The van der Waals surface area contributed by atoms with Gasteiger partial charge in [0.25, 0.3) is 0 Å². The van der Waals surface area contributed by atoms with Gasteiger partial charge >= 0.3 is 0 Å². The number of hydrogen-bond donors (Lipinski definition) is 2. The van der Waals surface area contributed by atoms with Gasteiger partial charge in [-0.05, 0) is 24.0 Å². The Morgan fingerprint density at radius 1 is 1.33 bits per heavy atom. The topological polar surface area (TPSA) is 67.4 Å². The van der Waals surface area contributed by atoms with E-state index < -0.39 is 17.7 Å². The van der Waals surface area contributed by atoms with E-state index in [2.05, 4.69) is 10.6 Å². The number of carbonyl (C=O) groups excluding carboxylic acids is 2. The number of rotatable bonds is 7. The molecule has 0 saturated heterocycles. The normalized spacial score (nSPS) is 20.6. The Morgan fingerprint density at radius 2 is 2.04 bits per heavy atom. The van der Waals surface area contributed by atoms with Gasteiger partial charge in [0.1, 0.15) is 24.3 Å². The summed E-state index contributed by atoms with van der Waals surface area (Å²) in [6.07, 6.45) is 0.588. The summed E-state index contributed by atoms with van der Waals surface area (Å²) in [5.41, 5.74) is 0.395. The quantitative estimate of drug-likeness (QED) is 0.794. The Balaban J connectivity index is 1.95. The van der Waals surface area contributed by atoms with Crippen molar-refractivity contribution in [2.75, 3.05) is 13.7 Å². The van der Waals surface area contributed by atoms with Crippen LogP contribution in [0.1, 0.15) is 31.7 Å². The summed E-state index contributed by atoms with van der Waals surface area (Å²) in [6.45, 7) is 3.52. The summed E-state index contributed by atoms with van der Waals surface area (Å²) in [6, 6.07) is 2.55. The third kappa shape index (κ3) is 4.50. The van der Waals surface area contributed by atoms with Gasteiger partial charge in [-0.15, -0.1) is 0 Å². The van der Waals surface area contributed by atoms with E-state index in [-0.39, 0.29) is 36.3 Å². The highest BCUT2D eigenvalue weighted by atomic mass is 19.1. The molecule has 7 heteroatoms. The molecule has 0 unspecified atom stereocenters. The maximum absolute atomic E-state index is 13.8. The van der Waals surface area contributed by atoms with Crippen molar-refractivity contribution in [2.45, 2.75) is 38.3 Å². The number of nitrogens with one attached hydrogen (secondary N) is 2. The van der Waals surface area contributed by atoms with Crippen molar-refractivity contribution in [3.8, 4) is 0 Å².